The summed E-state index contributed by atoms with van der Waals surface area (Å²) >= 11 is 2.29. The fourth-order valence-electron chi connectivity index (χ4n) is 3.48. The molecule has 0 atom stereocenters. The van der Waals surface area contributed by atoms with Crippen LogP contribution in [0.3, 0.4) is 0 Å². The van der Waals surface area contributed by atoms with Gasteiger partial charge in [-0.05, 0) is 84.1 Å². The van der Waals surface area contributed by atoms with Crippen molar-refractivity contribution in [1.82, 2.24) is 9.55 Å². The monoisotopic (exact) mass is 561 g/mol. The first kappa shape index (κ1) is 22.8. The molecule has 6 nitrogen and oxygen atoms in total. The summed E-state index contributed by atoms with van der Waals surface area (Å²) in [6.45, 7) is 2.42. The number of aromatic nitrogens is 2. The van der Waals surface area contributed by atoms with Crippen LogP contribution in [0.25, 0.3) is 22.4 Å². The van der Waals surface area contributed by atoms with Gasteiger partial charge in [-0.1, -0.05) is 17.7 Å². The molecule has 0 fully saturated rings. The third-order valence-corrected chi connectivity index (χ3v) is 7.38. The normalized spacial score (nSPS) is 11.8. The minimum absolute atomic E-state index is 0.0673. The predicted molar refractivity (Wildman–Crippen MR) is 136 cm³/mol. The molecule has 0 aliphatic rings. The van der Waals surface area contributed by atoms with Gasteiger partial charge in [0.25, 0.3) is 10.1 Å². The van der Waals surface area contributed by atoms with E-state index in [1.807, 2.05) is 50.2 Å². The highest BCUT2D eigenvalue weighted by molar-refractivity contribution is 14.1. The number of rotatable bonds is 7. The molecule has 3 aromatic carbocycles. The number of benzene rings is 3. The van der Waals surface area contributed by atoms with Gasteiger partial charge in [0, 0.05) is 35.5 Å². The van der Waals surface area contributed by atoms with Gasteiger partial charge in [-0.3, -0.25) is 4.18 Å². The van der Waals surface area contributed by atoms with Gasteiger partial charge in [-0.2, -0.15) is 8.42 Å². The Morgan fingerprint density at radius 2 is 1.72 bits per heavy atom. The Morgan fingerprint density at radius 1 is 1.03 bits per heavy atom. The van der Waals surface area contributed by atoms with E-state index in [2.05, 4.69) is 45.4 Å². The molecule has 0 spiro atoms. The first-order chi connectivity index (χ1) is 15.2. The summed E-state index contributed by atoms with van der Waals surface area (Å²) in [5.41, 5.74) is 5.06. The summed E-state index contributed by atoms with van der Waals surface area (Å²) in [4.78, 5) is 6.92. The number of imidazole rings is 1. The van der Waals surface area contributed by atoms with Crippen LogP contribution >= 0.6 is 22.6 Å². The second kappa shape index (κ2) is 9.21. The van der Waals surface area contributed by atoms with Crippen LogP contribution in [0.2, 0.25) is 0 Å². The Balaban J connectivity index is 1.42. The summed E-state index contributed by atoms with van der Waals surface area (Å²) in [5.74, 6) is 0.906. The van der Waals surface area contributed by atoms with Gasteiger partial charge in [-0.25, -0.2) is 4.98 Å². The maximum absolute atomic E-state index is 12.3. The number of nitrogens with zero attached hydrogens (tertiary/aromatic N) is 3. The average molecular weight is 561 g/mol. The molecule has 0 unspecified atom stereocenters. The molecule has 4 rings (SSSR count). The highest BCUT2D eigenvalue weighted by Gasteiger charge is 2.15. The molecule has 166 valence electrons. The molecule has 0 amide bonds. The fourth-order valence-corrected chi connectivity index (χ4v) is 4.86. The molecular formula is C24H24IN3O3S. The molecule has 0 N–H and O–H groups in total. The number of hydrogen-bond donors (Lipinski definition) is 0. The van der Waals surface area contributed by atoms with Crippen molar-refractivity contribution in [3.05, 3.63) is 75.9 Å². The van der Waals surface area contributed by atoms with Crippen LogP contribution in [0, 0.1) is 10.5 Å². The van der Waals surface area contributed by atoms with Crippen molar-refractivity contribution in [2.45, 2.75) is 11.8 Å². The third-order valence-electron chi connectivity index (χ3n) is 5.38. The topological polar surface area (TPSA) is 64.4 Å². The van der Waals surface area contributed by atoms with Crippen molar-refractivity contribution in [3.63, 3.8) is 0 Å². The molecule has 0 saturated heterocycles. The quantitative estimate of drug-likeness (QED) is 0.235. The molecule has 8 heteroatoms. The Hall–Kier alpha value is -2.43. The lowest BCUT2D eigenvalue weighted by atomic mass is 10.2. The second-order valence-electron chi connectivity index (χ2n) is 7.69. The molecule has 0 saturated carbocycles. The zero-order valence-corrected chi connectivity index (χ0v) is 21.1. The Labute approximate surface area is 202 Å². The van der Waals surface area contributed by atoms with Crippen molar-refractivity contribution >= 4 is 49.4 Å². The second-order valence-corrected chi connectivity index (χ2v) is 10.5. The van der Waals surface area contributed by atoms with E-state index in [1.54, 1.807) is 24.3 Å². The van der Waals surface area contributed by atoms with Crippen LogP contribution in [-0.4, -0.2) is 38.2 Å². The Bertz CT molecular complexity index is 1350. The SMILES string of the molecule is Cc1ccc(S(=O)(=O)OCCN(C)c2ccc(-c3nc4cc(I)ccc4n3C)cc2)cc1. The number of hydrogen-bond acceptors (Lipinski definition) is 5. The van der Waals surface area contributed by atoms with Gasteiger partial charge in [0.2, 0.25) is 0 Å². The minimum Gasteiger partial charge on any atom is -0.372 e. The number of anilines is 1. The Kier molecular flexibility index (Phi) is 6.55. The summed E-state index contributed by atoms with van der Waals surface area (Å²) in [6, 6.07) is 21.0. The zero-order chi connectivity index (χ0) is 22.9. The van der Waals surface area contributed by atoms with Crippen LogP contribution in [0.4, 0.5) is 5.69 Å². The van der Waals surface area contributed by atoms with Crippen LogP contribution in [0.15, 0.2) is 71.6 Å². The smallest absolute Gasteiger partial charge is 0.297 e. The number of likely N-dealkylation sites (N-methyl/N-ethyl adjacent to an activating group) is 1. The van der Waals surface area contributed by atoms with Gasteiger partial charge in [0.05, 0.1) is 22.5 Å². The van der Waals surface area contributed by atoms with Gasteiger partial charge in [-0.15, -0.1) is 0 Å². The maximum Gasteiger partial charge on any atom is 0.297 e. The first-order valence-electron chi connectivity index (χ1n) is 10.1. The van der Waals surface area contributed by atoms with E-state index >= 15 is 0 Å². The maximum atomic E-state index is 12.3. The lowest BCUT2D eigenvalue weighted by Crippen LogP contribution is -2.24. The van der Waals surface area contributed by atoms with Gasteiger partial charge in [0.15, 0.2) is 0 Å². The van der Waals surface area contributed by atoms with E-state index in [0.717, 1.165) is 37.2 Å². The predicted octanol–water partition coefficient (Wildman–Crippen LogP) is 5.00. The minimum atomic E-state index is -3.76. The van der Waals surface area contributed by atoms with Crippen LogP contribution in [-0.2, 0) is 21.3 Å². The van der Waals surface area contributed by atoms with Crippen molar-refractivity contribution in [2.24, 2.45) is 7.05 Å². The van der Waals surface area contributed by atoms with Crippen molar-refractivity contribution < 1.29 is 12.6 Å². The number of aryl methyl sites for hydroxylation is 2. The van der Waals surface area contributed by atoms with E-state index in [-0.39, 0.29) is 11.5 Å². The summed E-state index contributed by atoms with van der Waals surface area (Å²) in [7, 11) is 0.171. The summed E-state index contributed by atoms with van der Waals surface area (Å²) < 4.78 is 33.1. The van der Waals surface area contributed by atoms with E-state index in [1.165, 1.54) is 0 Å². The lowest BCUT2D eigenvalue weighted by Gasteiger charge is -2.19. The molecule has 4 aromatic rings. The zero-order valence-electron chi connectivity index (χ0n) is 18.1. The summed E-state index contributed by atoms with van der Waals surface area (Å²) in [6.07, 6.45) is 0. The molecule has 32 heavy (non-hydrogen) atoms. The number of halogens is 1. The highest BCUT2D eigenvalue weighted by Crippen LogP contribution is 2.26. The van der Waals surface area contributed by atoms with Gasteiger partial charge in [0.1, 0.15) is 5.82 Å². The van der Waals surface area contributed by atoms with Crippen molar-refractivity contribution in [1.29, 1.82) is 0 Å². The van der Waals surface area contributed by atoms with Crippen LogP contribution in [0.1, 0.15) is 5.56 Å². The average Bonchev–Trinajstić information content (AvgIpc) is 3.09. The van der Waals surface area contributed by atoms with Crippen molar-refractivity contribution in [3.8, 4) is 11.4 Å². The van der Waals surface area contributed by atoms with Crippen LogP contribution in [0.5, 0.6) is 0 Å². The van der Waals surface area contributed by atoms with Gasteiger partial charge < -0.3 is 9.47 Å². The molecule has 1 aromatic heterocycles. The van der Waals surface area contributed by atoms with E-state index in [4.69, 9.17) is 9.17 Å². The largest absolute Gasteiger partial charge is 0.372 e. The first-order valence-corrected chi connectivity index (χ1v) is 12.6. The van der Waals surface area contributed by atoms with E-state index in [9.17, 15) is 8.42 Å². The molecule has 0 radical (unpaired) electrons. The standard InChI is InChI=1S/C24H24IN3O3S/c1-17-4-11-21(12-5-17)32(29,30)31-15-14-27(2)20-9-6-18(7-10-20)24-26-22-16-19(25)8-13-23(22)28(24)3/h4-13,16H,14-15H2,1-3H3. The van der Waals surface area contributed by atoms with E-state index < -0.39 is 10.1 Å². The summed E-state index contributed by atoms with van der Waals surface area (Å²) in [5, 5.41) is 0. The number of fused-ring (bicyclic) bond motifs is 1. The highest BCUT2D eigenvalue weighted by atomic mass is 127. The molecular weight excluding hydrogens is 537 g/mol. The van der Waals surface area contributed by atoms with Crippen LogP contribution < -0.4 is 4.90 Å². The molecule has 0 aliphatic carbocycles. The fraction of sp³-hybridized carbons (Fsp3) is 0.208. The molecule has 0 aliphatic heterocycles. The molecule has 0 bridgehead atoms. The Morgan fingerprint density at radius 3 is 2.41 bits per heavy atom. The van der Waals surface area contributed by atoms with E-state index in [0.29, 0.717) is 6.54 Å². The lowest BCUT2D eigenvalue weighted by molar-refractivity contribution is 0.325. The van der Waals surface area contributed by atoms with Crippen molar-refractivity contribution in [2.75, 3.05) is 25.1 Å². The third kappa shape index (κ3) is 4.82. The van der Waals surface area contributed by atoms with Gasteiger partial charge >= 0.3 is 0 Å². The molecule has 1 heterocycles.